The van der Waals surface area contributed by atoms with Gasteiger partial charge in [0.05, 0.1) is 0 Å². The predicted octanol–water partition coefficient (Wildman–Crippen LogP) is -0.412. The van der Waals surface area contributed by atoms with Crippen LogP contribution in [0, 0.1) is 0 Å². The number of nitrogens with two attached hydrogens (primary N) is 1. The topological polar surface area (TPSA) is 89.2 Å². The molecule has 6 nitrogen and oxygen atoms in total. The summed E-state index contributed by atoms with van der Waals surface area (Å²) in [6.45, 7) is 0.842. The Morgan fingerprint density at radius 2 is 2.06 bits per heavy atom. The Kier molecular flexibility index (Phi) is 3.17. The van der Waals surface area contributed by atoms with Crippen molar-refractivity contribution >= 4 is 10.0 Å². The average molecular weight is 242 g/mol. The van der Waals surface area contributed by atoms with Crippen molar-refractivity contribution in [2.75, 3.05) is 13.1 Å². The Balaban J connectivity index is 2.26. The molecule has 16 heavy (non-hydrogen) atoms. The van der Waals surface area contributed by atoms with Gasteiger partial charge in [-0.1, -0.05) is 0 Å². The Labute approximate surface area is 94.6 Å². The maximum atomic E-state index is 12.1. The highest BCUT2D eigenvalue weighted by atomic mass is 32.2. The zero-order valence-corrected chi connectivity index (χ0v) is 9.60. The fourth-order valence-corrected chi connectivity index (χ4v) is 3.10. The van der Waals surface area contributed by atoms with E-state index in [2.05, 4.69) is 9.97 Å². The van der Waals surface area contributed by atoms with E-state index in [0.29, 0.717) is 13.1 Å². The molecule has 2 heterocycles. The van der Waals surface area contributed by atoms with E-state index >= 15 is 0 Å². The molecule has 0 aliphatic carbocycles. The highest BCUT2D eigenvalue weighted by Crippen LogP contribution is 2.16. The molecule has 88 valence electrons. The van der Waals surface area contributed by atoms with Gasteiger partial charge in [0.1, 0.15) is 0 Å². The third-order valence-corrected chi connectivity index (χ3v) is 4.22. The fourth-order valence-electron chi connectivity index (χ4n) is 1.73. The maximum absolute atomic E-state index is 12.1. The molecule has 0 amide bonds. The molecule has 1 saturated heterocycles. The van der Waals surface area contributed by atoms with Gasteiger partial charge in [-0.15, -0.1) is 0 Å². The van der Waals surface area contributed by atoms with E-state index in [9.17, 15) is 8.42 Å². The van der Waals surface area contributed by atoms with Gasteiger partial charge in [0, 0.05) is 31.5 Å². The monoisotopic (exact) mass is 242 g/mol. The summed E-state index contributed by atoms with van der Waals surface area (Å²) in [5.41, 5.74) is 5.75. The van der Waals surface area contributed by atoms with E-state index in [1.54, 1.807) is 6.07 Å². The normalized spacial score (nSPS) is 23.2. The molecule has 1 fully saturated rings. The van der Waals surface area contributed by atoms with Crippen molar-refractivity contribution in [3.05, 3.63) is 18.5 Å². The lowest BCUT2D eigenvalue weighted by Gasteiger charge is -2.28. The number of aromatic nitrogens is 2. The van der Waals surface area contributed by atoms with Gasteiger partial charge < -0.3 is 5.73 Å². The van der Waals surface area contributed by atoms with Crippen LogP contribution in [0.25, 0.3) is 0 Å². The van der Waals surface area contributed by atoms with Gasteiger partial charge in [-0.25, -0.2) is 18.4 Å². The van der Waals surface area contributed by atoms with Crippen molar-refractivity contribution in [1.29, 1.82) is 0 Å². The Bertz CT molecular complexity index is 448. The van der Waals surface area contributed by atoms with Crippen LogP contribution in [-0.4, -0.2) is 41.8 Å². The minimum absolute atomic E-state index is 0.0905. The van der Waals surface area contributed by atoms with Crippen LogP contribution in [0.1, 0.15) is 12.8 Å². The van der Waals surface area contributed by atoms with Gasteiger partial charge in [0.25, 0.3) is 15.2 Å². The summed E-state index contributed by atoms with van der Waals surface area (Å²) in [5.74, 6) is 0. The van der Waals surface area contributed by atoms with Crippen LogP contribution in [0.3, 0.4) is 0 Å². The van der Waals surface area contributed by atoms with Gasteiger partial charge in [-0.05, 0) is 18.9 Å². The first-order valence-corrected chi connectivity index (χ1v) is 6.57. The van der Waals surface area contributed by atoms with E-state index in [1.807, 2.05) is 0 Å². The van der Waals surface area contributed by atoms with Crippen LogP contribution in [0.15, 0.2) is 23.6 Å². The van der Waals surface area contributed by atoms with Crippen molar-refractivity contribution in [2.45, 2.75) is 24.0 Å². The van der Waals surface area contributed by atoms with Crippen molar-refractivity contribution in [3.63, 3.8) is 0 Å². The molecule has 0 bridgehead atoms. The maximum Gasteiger partial charge on any atom is 0.278 e. The quantitative estimate of drug-likeness (QED) is 0.712. The molecule has 1 aliphatic rings. The lowest BCUT2D eigenvalue weighted by atomic mass is 10.1. The van der Waals surface area contributed by atoms with Crippen LogP contribution in [0.4, 0.5) is 0 Å². The minimum atomic E-state index is -3.56. The summed E-state index contributed by atoms with van der Waals surface area (Å²) >= 11 is 0. The zero-order valence-electron chi connectivity index (χ0n) is 8.78. The molecule has 0 saturated carbocycles. The van der Waals surface area contributed by atoms with Crippen LogP contribution in [0.2, 0.25) is 0 Å². The molecule has 0 radical (unpaired) electrons. The first kappa shape index (κ1) is 11.4. The fraction of sp³-hybridized carbons (Fsp3) is 0.556. The molecule has 2 rings (SSSR count). The van der Waals surface area contributed by atoms with Gasteiger partial charge in [-0.3, -0.25) is 0 Å². The van der Waals surface area contributed by atoms with Crippen LogP contribution >= 0.6 is 0 Å². The first-order chi connectivity index (χ1) is 7.60. The number of sulfonamides is 1. The lowest BCUT2D eigenvalue weighted by molar-refractivity contribution is 0.314. The average Bonchev–Trinajstić information content (AvgIpc) is 2.30. The summed E-state index contributed by atoms with van der Waals surface area (Å²) in [6.07, 6.45) is 4.49. The third-order valence-electron chi connectivity index (χ3n) is 2.53. The second-order valence-electron chi connectivity index (χ2n) is 3.80. The van der Waals surface area contributed by atoms with Crippen molar-refractivity contribution in [1.82, 2.24) is 14.3 Å². The Hall–Kier alpha value is -1.05. The summed E-state index contributed by atoms with van der Waals surface area (Å²) in [6, 6.07) is 1.49. The van der Waals surface area contributed by atoms with Crippen LogP contribution < -0.4 is 5.73 Å². The molecular weight excluding hydrogens is 228 g/mol. The Morgan fingerprint density at radius 1 is 1.38 bits per heavy atom. The summed E-state index contributed by atoms with van der Waals surface area (Å²) < 4.78 is 25.5. The van der Waals surface area contributed by atoms with Gasteiger partial charge >= 0.3 is 0 Å². The largest absolute Gasteiger partial charge is 0.327 e. The highest BCUT2D eigenvalue weighted by Gasteiger charge is 2.30. The van der Waals surface area contributed by atoms with E-state index in [-0.39, 0.29) is 11.2 Å². The second-order valence-corrected chi connectivity index (χ2v) is 5.63. The van der Waals surface area contributed by atoms with E-state index < -0.39 is 10.0 Å². The molecule has 0 spiro atoms. The number of hydrogen-bond donors (Lipinski definition) is 1. The highest BCUT2D eigenvalue weighted by molar-refractivity contribution is 7.88. The van der Waals surface area contributed by atoms with Crippen molar-refractivity contribution in [2.24, 2.45) is 5.73 Å². The third kappa shape index (κ3) is 2.21. The van der Waals surface area contributed by atoms with Crippen LogP contribution in [-0.2, 0) is 10.0 Å². The number of nitrogens with zero attached hydrogens (tertiary/aromatic N) is 3. The minimum Gasteiger partial charge on any atom is -0.327 e. The first-order valence-electron chi connectivity index (χ1n) is 5.13. The molecule has 2 N–H and O–H groups in total. The molecule has 7 heteroatoms. The smallest absolute Gasteiger partial charge is 0.278 e. The summed E-state index contributed by atoms with van der Waals surface area (Å²) in [4.78, 5) is 7.54. The molecular formula is C9H14N4O2S. The standard InChI is InChI=1S/C9H14N4O2S/c10-8-3-1-6-13(7-8)16(14,15)9-11-4-2-5-12-9/h2,4-5,8H,1,3,6-7,10H2/t8-/m1/s1. The van der Waals surface area contributed by atoms with E-state index in [0.717, 1.165) is 12.8 Å². The van der Waals surface area contributed by atoms with Crippen LogP contribution in [0.5, 0.6) is 0 Å². The molecule has 1 aromatic heterocycles. The zero-order chi connectivity index (χ0) is 11.6. The second kappa shape index (κ2) is 4.44. The molecule has 0 unspecified atom stereocenters. The molecule has 0 aromatic carbocycles. The van der Waals surface area contributed by atoms with Crippen molar-refractivity contribution in [3.8, 4) is 0 Å². The van der Waals surface area contributed by atoms with E-state index in [1.165, 1.54) is 16.7 Å². The van der Waals surface area contributed by atoms with Gasteiger partial charge in [-0.2, -0.15) is 4.31 Å². The molecule has 1 aliphatic heterocycles. The Morgan fingerprint density at radius 3 is 2.69 bits per heavy atom. The number of hydrogen-bond acceptors (Lipinski definition) is 5. The number of rotatable bonds is 2. The summed E-state index contributed by atoms with van der Waals surface area (Å²) in [7, 11) is -3.56. The SMILES string of the molecule is N[C@@H]1CCCN(S(=O)(=O)c2ncccn2)C1. The van der Waals surface area contributed by atoms with E-state index in [4.69, 9.17) is 5.73 Å². The van der Waals surface area contributed by atoms with Crippen molar-refractivity contribution < 1.29 is 8.42 Å². The molecule has 1 aromatic rings. The summed E-state index contributed by atoms with van der Waals surface area (Å²) in [5, 5.41) is -0.149. The lowest BCUT2D eigenvalue weighted by Crippen LogP contribution is -2.45. The predicted molar refractivity (Wildman–Crippen MR) is 58.0 cm³/mol. The molecule has 1 atom stereocenters. The van der Waals surface area contributed by atoms with Gasteiger partial charge in [0.2, 0.25) is 0 Å². The van der Waals surface area contributed by atoms with Gasteiger partial charge in [0.15, 0.2) is 0 Å². The number of piperidine rings is 1.